The number of hydrogen-bond donors (Lipinski definition) is 0. The zero-order chi connectivity index (χ0) is 63.4. The third kappa shape index (κ3) is 6.16. The van der Waals surface area contributed by atoms with E-state index in [1.54, 1.807) is 0 Å². The van der Waals surface area contributed by atoms with Crippen LogP contribution in [0.25, 0.3) is 176 Å². The van der Waals surface area contributed by atoms with Gasteiger partial charge in [-0.05, 0) is 178 Å². The normalized spacial score (nSPS) is 14.1. The van der Waals surface area contributed by atoms with Crippen molar-refractivity contribution in [2.75, 3.05) is 0 Å². The van der Waals surface area contributed by atoms with Gasteiger partial charge in [-0.2, -0.15) is 0 Å². The Morgan fingerprint density at radius 2 is 0.663 bits per heavy atom. The molecule has 0 N–H and O–H groups in total. The Morgan fingerprint density at radius 3 is 1.30 bits per heavy atom. The van der Waals surface area contributed by atoms with Crippen molar-refractivity contribution in [1.82, 2.24) is 9.13 Å². The molecular weight excluding hydrogens is 1190 g/mol. The molecular formula is C94H52N2O2. The highest BCUT2D eigenvalue weighted by atomic mass is 16.3. The summed E-state index contributed by atoms with van der Waals surface area (Å²) in [5.41, 5.74) is 32.4. The van der Waals surface area contributed by atoms with Crippen molar-refractivity contribution in [2.24, 2.45) is 0 Å². The van der Waals surface area contributed by atoms with Crippen molar-refractivity contribution >= 4 is 109 Å². The molecule has 0 fully saturated rings. The molecule has 20 aromatic rings. The molecule has 4 nitrogen and oxygen atoms in total. The van der Waals surface area contributed by atoms with E-state index in [2.05, 4.69) is 325 Å². The molecule has 0 saturated carbocycles. The first-order chi connectivity index (χ1) is 48.6. The minimum atomic E-state index is -0.470. The van der Waals surface area contributed by atoms with E-state index in [0.29, 0.717) is 0 Å². The summed E-state index contributed by atoms with van der Waals surface area (Å²) in [6.45, 7) is 0. The van der Waals surface area contributed by atoms with Crippen molar-refractivity contribution in [2.45, 2.75) is 10.8 Å². The minimum Gasteiger partial charge on any atom is -0.456 e. The summed E-state index contributed by atoms with van der Waals surface area (Å²) in [5.74, 6) is 0. The van der Waals surface area contributed by atoms with Crippen LogP contribution in [0, 0.1) is 0 Å². The third-order valence-electron chi connectivity index (χ3n) is 23.3. The lowest BCUT2D eigenvalue weighted by Gasteiger charge is -2.30. The number of hydrogen-bond acceptors (Lipinski definition) is 2. The summed E-state index contributed by atoms with van der Waals surface area (Å²) < 4.78 is 19.5. The Labute approximate surface area is 561 Å². The van der Waals surface area contributed by atoms with E-state index in [4.69, 9.17) is 8.83 Å². The van der Waals surface area contributed by atoms with E-state index in [1.165, 1.54) is 138 Å². The molecule has 4 aliphatic rings. The second-order valence-electron chi connectivity index (χ2n) is 27.6. The number of nitrogens with zero attached hydrogens (tertiary/aromatic N) is 2. The number of rotatable bonds is 3. The van der Waals surface area contributed by atoms with Gasteiger partial charge in [0.15, 0.2) is 5.58 Å². The number of benzene rings is 16. The van der Waals surface area contributed by atoms with Gasteiger partial charge in [0.1, 0.15) is 16.7 Å². The lowest BCUT2D eigenvalue weighted by molar-refractivity contribution is 0.664. The second-order valence-corrected chi connectivity index (χ2v) is 27.6. The molecule has 0 bridgehead atoms. The molecule has 4 heterocycles. The molecule has 0 aliphatic heterocycles. The van der Waals surface area contributed by atoms with Gasteiger partial charge in [0.2, 0.25) is 0 Å². The van der Waals surface area contributed by atoms with Crippen LogP contribution in [0.4, 0.5) is 0 Å². The first-order valence-corrected chi connectivity index (χ1v) is 34.1. The fourth-order valence-corrected chi connectivity index (χ4v) is 19.5. The lowest BCUT2D eigenvalue weighted by atomic mass is 9.70. The number of para-hydroxylation sites is 2. The molecule has 4 aliphatic carbocycles. The monoisotopic (exact) mass is 1240 g/mol. The maximum absolute atomic E-state index is 7.40. The average molecular weight is 1240 g/mol. The second kappa shape index (κ2) is 18.2. The minimum absolute atomic E-state index is 0.447. The van der Waals surface area contributed by atoms with E-state index in [9.17, 15) is 0 Å². The number of aromatic nitrogens is 2. The van der Waals surface area contributed by atoms with Crippen molar-refractivity contribution in [1.29, 1.82) is 0 Å². The Balaban J connectivity index is 0.655. The maximum Gasteiger partial charge on any atom is 0.159 e. The highest BCUT2D eigenvalue weighted by molar-refractivity contribution is 6.22. The third-order valence-corrected chi connectivity index (χ3v) is 23.3. The van der Waals surface area contributed by atoms with E-state index in [-0.39, 0.29) is 0 Å². The van der Waals surface area contributed by atoms with Crippen molar-refractivity contribution in [3.8, 4) is 67.0 Å². The van der Waals surface area contributed by atoms with Crippen molar-refractivity contribution < 1.29 is 8.83 Å². The topological polar surface area (TPSA) is 36.1 Å². The number of furan rings is 2. The van der Waals surface area contributed by atoms with E-state index in [0.717, 1.165) is 82.9 Å². The van der Waals surface area contributed by atoms with Gasteiger partial charge in [0.05, 0.1) is 38.6 Å². The largest absolute Gasteiger partial charge is 0.456 e. The van der Waals surface area contributed by atoms with Gasteiger partial charge in [-0.25, -0.2) is 0 Å². The van der Waals surface area contributed by atoms with Crippen LogP contribution in [0.2, 0.25) is 0 Å². The SMILES string of the molecule is c1ccc2c(c1)-c1ccccc1C21c2ccccc2-c2cc3c(cc21)oc1cc(-n2c4ccccc4c4ccc5cc(-c6ccc7c(c6)c6ccc8ccccc8c6n7-c6cccc7c6oc6cc8c(cc67)-c6ccccc6C86c7ccccc7-c7ccccc76)ccc5c42)ccc13. The molecule has 450 valence electrons. The Morgan fingerprint density at radius 1 is 0.224 bits per heavy atom. The molecule has 24 rings (SSSR count). The van der Waals surface area contributed by atoms with Crippen LogP contribution in [0.1, 0.15) is 44.5 Å². The Kier molecular flexibility index (Phi) is 9.57. The molecule has 0 unspecified atom stereocenters. The molecule has 0 amide bonds. The summed E-state index contributed by atoms with van der Waals surface area (Å²) in [6.07, 6.45) is 0. The first-order valence-electron chi connectivity index (χ1n) is 34.1. The van der Waals surface area contributed by atoms with Gasteiger partial charge in [0, 0.05) is 65.6 Å². The average Bonchev–Trinajstić information content (AvgIpc) is 1.51. The Bertz CT molecular complexity index is 6990. The highest BCUT2D eigenvalue weighted by Crippen LogP contribution is 2.65. The van der Waals surface area contributed by atoms with Crippen LogP contribution < -0.4 is 0 Å². The van der Waals surface area contributed by atoms with E-state index < -0.39 is 10.8 Å². The van der Waals surface area contributed by atoms with Crippen LogP contribution in [-0.2, 0) is 10.8 Å². The molecule has 0 atom stereocenters. The molecule has 0 saturated heterocycles. The number of fused-ring (bicyclic) bond motifs is 36. The van der Waals surface area contributed by atoms with Gasteiger partial charge in [-0.1, -0.05) is 243 Å². The quantitative estimate of drug-likeness (QED) is 0.177. The lowest BCUT2D eigenvalue weighted by Crippen LogP contribution is -2.25. The summed E-state index contributed by atoms with van der Waals surface area (Å²) >= 11 is 0. The predicted octanol–water partition coefficient (Wildman–Crippen LogP) is 24.3. The fourth-order valence-electron chi connectivity index (χ4n) is 19.5. The maximum atomic E-state index is 7.40. The van der Waals surface area contributed by atoms with Crippen LogP contribution in [0.5, 0.6) is 0 Å². The Hall–Kier alpha value is -12.8. The smallest absolute Gasteiger partial charge is 0.159 e. The van der Waals surface area contributed by atoms with Crippen LogP contribution in [-0.4, -0.2) is 9.13 Å². The molecule has 4 aromatic heterocycles. The highest BCUT2D eigenvalue weighted by Gasteiger charge is 2.53. The van der Waals surface area contributed by atoms with E-state index >= 15 is 0 Å². The predicted molar refractivity (Wildman–Crippen MR) is 403 cm³/mol. The van der Waals surface area contributed by atoms with Gasteiger partial charge in [0.25, 0.3) is 0 Å². The van der Waals surface area contributed by atoms with Gasteiger partial charge in [-0.15, -0.1) is 0 Å². The van der Waals surface area contributed by atoms with Crippen molar-refractivity contribution in [3.63, 3.8) is 0 Å². The zero-order valence-corrected chi connectivity index (χ0v) is 52.7. The van der Waals surface area contributed by atoms with Gasteiger partial charge >= 0.3 is 0 Å². The summed E-state index contributed by atoms with van der Waals surface area (Å²) in [7, 11) is 0. The van der Waals surface area contributed by atoms with Crippen molar-refractivity contribution in [3.05, 3.63) is 360 Å². The molecule has 4 heteroatoms. The molecule has 98 heavy (non-hydrogen) atoms. The molecule has 2 spiro atoms. The van der Waals surface area contributed by atoms with Crippen LogP contribution in [0.15, 0.2) is 324 Å². The zero-order valence-electron chi connectivity index (χ0n) is 52.7. The van der Waals surface area contributed by atoms with Crippen LogP contribution >= 0.6 is 0 Å². The fraction of sp³-hybridized carbons (Fsp3) is 0.0213. The van der Waals surface area contributed by atoms with E-state index in [1.807, 2.05) is 0 Å². The standard InChI is InChI=1S/C94H52N2O2/c1-2-19-58-53(18-1)36-42-69-73-47-55(39-45-85(73)96(91(58)69)86-35-17-27-70-75-50-72-65-25-8-15-33-81(65)94(83(72)52-89(75)98-92(70)86)78-30-12-5-22-62(78)63-23-6-13-31-79(63)94)54-37-41-59-56(46-54)38-43-68-66-26-9-16-34-84(66)95(90(59)68)57-40-44-67-74-49-71-64-24-7-14-32-80(64)93(82(71)51-88(74)97-87(67)48-57)76-28-10-3-20-60(76)61-21-4-11-29-77(61)93/h1-52H. The molecule has 16 aromatic carbocycles. The van der Waals surface area contributed by atoms with Gasteiger partial charge in [-0.3, -0.25) is 0 Å². The van der Waals surface area contributed by atoms with Gasteiger partial charge < -0.3 is 18.0 Å². The molecule has 0 radical (unpaired) electrons. The first kappa shape index (κ1) is 51.6. The summed E-state index contributed by atoms with van der Waals surface area (Å²) in [5, 5.41) is 14.0. The van der Waals surface area contributed by atoms with Crippen LogP contribution in [0.3, 0.4) is 0 Å². The summed E-state index contributed by atoms with van der Waals surface area (Å²) in [6, 6.07) is 118. The summed E-state index contributed by atoms with van der Waals surface area (Å²) in [4.78, 5) is 0.